The van der Waals surface area contributed by atoms with Gasteiger partial charge in [0.15, 0.2) is 0 Å². The van der Waals surface area contributed by atoms with E-state index in [1.807, 2.05) is 20.8 Å². The van der Waals surface area contributed by atoms with Gasteiger partial charge in [0, 0.05) is 24.9 Å². The lowest BCUT2D eigenvalue weighted by atomic mass is 9.86. The molecule has 0 saturated heterocycles. The van der Waals surface area contributed by atoms with E-state index >= 15 is 0 Å². The van der Waals surface area contributed by atoms with Crippen molar-refractivity contribution in [1.29, 1.82) is 0 Å². The number of rotatable bonds is 6. The summed E-state index contributed by atoms with van der Waals surface area (Å²) in [6, 6.07) is 4.26. The van der Waals surface area contributed by atoms with E-state index in [2.05, 4.69) is 24.4 Å². The molecule has 2 rings (SSSR count). The van der Waals surface area contributed by atoms with Crippen LogP contribution in [0.5, 0.6) is 5.75 Å². The predicted molar refractivity (Wildman–Crippen MR) is 103 cm³/mol. The number of hydrogen-bond donors (Lipinski definition) is 1. The van der Waals surface area contributed by atoms with Gasteiger partial charge in [-0.15, -0.1) is 0 Å². The largest absolute Gasteiger partial charge is 0.501 e. The van der Waals surface area contributed by atoms with E-state index in [0.29, 0.717) is 6.54 Å². The first kappa shape index (κ1) is 20.1. The van der Waals surface area contributed by atoms with Gasteiger partial charge in [0.2, 0.25) is 0 Å². The van der Waals surface area contributed by atoms with Crippen LogP contribution in [0.2, 0.25) is 0 Å². The number of allylic oxidation sites excluding steroid dienone is 2. The molecule has 144 valence electrons. The molecule has 0 bridgehead atoms. The molecule has 1 aromatic carbocycles. The molecule has 5 heteroatoms. The minimum Gasteiger partial charge on any atom is -0.501 e. The minimum absolute atomic E-state index is 0.371. The van der Waals surface area contributed by atoms with Crippen LogP contribution in [0.15, 0.2) is 23.5 Å². The van der Waals surface area contributed by atoms with E-state index in [9.17, 15) is 4.79 Å². The molecule has 0 saturated carbocycles. The van der Waals surface area contributed by atoms with Gasteiger partial charge in [0.25, 0.3) is 0 Å². The molecule has 1 amide bonds. The lowest BCUT2D eigenvalue weighted by molar-refractivity contribution is 0.0527. The molecule has 1 aromatic rings. The van der Waals surface area contributed by atoms with Gasteiger partial charge < -0.3 is 19.5 Å². The second kappa shape index (κ2) is 8.47. The molecule has 0 radical (unpaired) electrons. The Bertz CT molecular complexity index is 686. The molecule has 5 nitrogen and oxygen atoms in total. The maximum atomic E-state index is 11.7. The zero-order chi connectivity index (χ0) is 19.3. The van der Waals surface area contributed by atoms with Gasteiger partial charge in [0.1, 0.15) is 11.4 Å². The number of nitrogens with one attached hydrogen (secondary N) is 1. The number of carbonyl (C=O) groups is 1. The van der Waals surface area contributed by atoms with E-state index < -0.39 is 5.60 Å². The van der Waals surface area contributed by atoms with Gasteiger partial charge in [-0.3, -0.25) is 0 Å². The Hall–Kier alpha value is -2.17. The van der Waals surface area contributed by atoms with Gasteiger partial charge in [-0.2, -0.15) is 0 Å². The first-order valence-corrected chi connectivity index (χ1v) is 9.12. The van der Waals surface area contributed by atoms with Crippen LogP contribution in [0.3, 0.4) is 0 Å². The van der Waals surface area contributed by atoms with Crippen LogP contribution >= 0.6 is 0 Å². The molecule has 0 aromatic heterocycles. The van der Waals surface area contributed by atoms with Crippen molar-refractivity contribution >= 4 is 6.09 Å². The maximum Gasteiger partial charge on any atom is 0.407 e. The second-order valence-corrected chi connectivity index (χ2v) is 7.67. The Morgan fingerprint density at radius 2 is 1.88 bits per heavy atom. The van der Waals surface area contributed by atoms with Crippen LogP contribution in [0, 0.1) is 6.92 Å². The Morgan fingerprint density at radius 3 is 2.50 bits per heavy atom. The molecule has 1 aliphatic carbocycles. The summed E-state index contributed by atoms with van der Waals surface area (Å²) in [6.07, 6.45) is 2.96. The van der Waals surface area contributed by atoms with Crippen LogP contribution in [0.25, 0.3) is 0 Å². The Morgan fingerprint density at radius 1 is 1.15 bits per heavy atom. The molecule has 0 fully saturated rings. The predicted octanol–water partition coefficient (Wildman–Crippen LogP) is 4.31. The summed E-state index contributed by atoms with van der Waals surface area (Å²) in [5.74, 6) is 2.00. The fourth-order valence-corrected chi connectivity index (χ4v) is 3.29. The highest BCUT2D eigenvalue weighted by atomic mass is 16.6. The summed E-state index contributed by atoms with van der Waals surface area (Å²) < 4.78 is 16.5. The lowest BCUT2D eigenvalue weighted by Crippen LogP contribution is -2.33. The average Bonchev–Trinajstić information content (AvgIpc) is 2.56. The zero-order valence-electron chi connectivity index (χ0n) is 16.8. The standard InChI is InChI=1S/C21H31NO4/c1-14-9-10-15-13-18(24-5)16(12-17(15)19(14)25-6)8-7-11-22-20(23)26-21(2,3)4/h9-10H,7-8,11-13H2,1-6H3,(H,22,23). The SMILES string of the molecule is COC1=C(CCCNC(=O)OC(C)(C)C)Cc2c(ccc(C)c2OC)C1. The number of ether oxygens (including phenoxy) is 3. The molecule has 0 aliphatic heterocycles. The van der Waals surface area contributed by atoms with Crippen molar-refractivity contribution in [1.82, 2.24) is 5.32 Å². The summed E-state index contributed by atoms with van der Waals surface area (Å²) in [6.45, 7) is 8.22. The fourth-order valence-electron chi connectivity index (χ4n) is 3.29. The normalized spacial score (nSPS) is 13.9. The molecular formula is C21H31NO4. The third-order valence-corrected chi connectivity index (χ3v) is 4.46. The molecule has 0 heterocycles. The van der Waals surface area contributed by atoms with E-state index in [0.717, 1.165) is 42.8 Å². The third-order valence-electron chi connectivity index (χ3n) is 4.46. The van der Waals surface area contributed by atoms with Crippen molar-refractivity contribution in [2.45, 2.75) is 59.0 Å². The molecule has 1 N–H and O–H groups in total. The third kappa shape index (κ3) is 5.16. The Balaban J connectivity index is 1.97. The monoisotopic (exact) mass is 361 g/mol. The summed E-state index contributed by atoms with van der Waals surface area (Å²) in [4.78, 5) is 11.7. The van der Waals surface area contributed by atoms with E-state index in [-0.39, 0.29) is 6.09 Å². The van der Waals surface area contributed by atoms with Crippen molar-refractivity contribution < 1.29 is 19.0 Å². The van der Waals surface area contributed by atoms with Crippen molar-refractivity contribution in [3.05, 3.63) is 40.2 Å². The number of methoxy groups -OCH3 is 2. The topological polar surface area (TPSA) is 56.8 Å². The van der Waals surface area contributed by atoms with Crippen LogP contribution in [0.1, 0.15) is 50.3 Å². The summed E-state index contributed by atoms with van der Waals surface area (Å²) in [5.41, 5.74) is 4.47. The van der Waals surface area contributed by atoms with Crippen molar-refractivity contribution in [3.8, 4) is 5.75 Å². The van der Waals surface area contributed by atoms with E-state index in [1.165, 1.54) is 16.7 Å². The highest BCUT2D eigenvalue weighted by molar-refractivity contribution is 5.67. The van der Waals surface area contributed by atoms with Crippen molar-refractivity contribution in [2.75, 3.05) is 20.8 Å². The molecule has 0 unspecified atom stereocenters. The van der Waals surface area contributed by atoms with Crippen LogP contribution in [0.4, 0.5) is 4.79 Å². The quantitative estimate of drug-likeness (QED) is 0.767. The highest BCUT2D eigenvalue weighted by Gasteiger charge is 2.23. The van der Waals surface area contributed by atoms with E-state index in [4.69, 9.17) is 14.2 Å². The van der Waals surface area contributed by atoms with E-state index in [1.54, 1.807) is 14.2 Å². The summed E-state index contributed by atoms with van der Waals surface area (Å²) in [7, 11) is 3.45. The molecule has 0 spiro atoms. The smallest absolute Gasteiger partial charge is 0.407 e. The van der Waals surface area contributed by atoms with Crippen LogP contribution in [-0.4, -0.2) is 32.5 Å². The number of benzene rings is 1. The maximum absolute atomic E-state index is 11.7. The number of hydrogen-bond acceptors (Lipinski definition) is 4. The number of aryl methyl sites for hydroxylation is 1. The highest BCUT2D eigenvalue weighted by Crippen LogP contribution is 2.36. The molecular weight excluding hydrogens is 330 g/mol. The van der Waals surface area contributed by atoms with Crippen molar-refractivity contribution in [3.63, 3.8) is 0 Å². The van der Waals surface area contributed by atoms with Crippen LogP contribution < -0.4 is 10.1 Å². The van der Waals surface area contributed by atoms with Gasteiger partial charge in [-0.05, 0) is 57.2 Å². The fraction of sp³-hybridized carbons (Fsp3) is 0.571. The number of fused-ring (bicyclic) bond motifs is 1. The molecule has 1 aliphatic rings. The number of amides is 1. The lowest BCUT2D eigenvalue weighted by Gasteiger charge is -2.25. The minimum atomic E-state index is -0.475. The first-order valence-electron chi connectivity index (χ1n) is 9.12. The Labute approximate surface area is 156 Å². The van der Waals surface area contributed by atoms with Gasteiger partial charge in [-0.25, -0.2) is 4.79 Å². The van der Waals surface area contributed by atoms with Gasteiger partial charge >= 0.3 is 6.09 Å². The average molecular weight is 361 g/mol. The zero-order valence-corrected chi connectivity index (χ0v) is 16.8. The molecule has 0 atom stereocenters. The van der Waals surface area contributed by atoms with Crippen molar-refractivity contribution in [2.24, 2.45) is 0 Å². The van der Waals surface area contributed by atoms with Crippen LogP contribution in [-0.2, 0) is 22.3 Å². The second-order valence-electron chi connectivity index (χ2n) is 7.67. The number of alkyl carbamates (subject to hydrolysis) is 1. The Kier molecular flexibility index (Phi) is 6.57. The molecule has 26 heavy (non-hydrogen) atoms. The van der Waals surface area contributed by atoms with Gasteiger partial charge in [0.05, 0.1) is 20.0 Å². The summed E-state index contributed by atoms with van der Waals surface area (Å²) in [5, 5.41) is 2.81. The first-order chi connectivity index (χ1) is 12.2. The van der Waals surface area contributed by atoms with Gasteiger partial charge in [-0.1, -0.05) is 12.1 Å². The number of carbonyl (C=O) groups excluding carboxylic acids is 1. The summed E-state index contributed by atoms with van der Waals surface area (Å²) >= 11 is 0.